The Morgan fingerprint density at radius 1 is 1.00 bits per heavy atom. The molecule has 0 fully saturated rings. The zero-order chi connectivity index (χ0) is 19.6. The minimum atomic E-state index is -4.99. The molecule has 0 aliphatic heterocycles. The van der Waals surface area contributed by atoms with E-state index in [1.165, 1.54) is 12.3 Å². The van der Waals surface area contributed by atoms with Crippen LogP contribution in [0.25, 0.3) is 27.7 Å². The Morgan fingerprint density at radius 3 is 2.37 bits per heavy atom. The van der Waals surface area contributed by atoms with Crippen molar-refractivity contribution in [1.29, 1.82) is 0 Å². The highest BCUT2D eigenvalue weighted by atomic mass is 19.4. The second-order valence-electron chi connectivity index (χ2n) is 5.74. The van der Waals surface area contributed by atoms with Gasteiger partial charge in [0.25, 0.3) is 5.56 Å². The summed E-state index contributed by atoms with van der Waals surface area (Å²) in [4.78, 5) is 18.0. The molecule has 0 saturated carbocycles. The van der Waals surface area contributed by atoms with Gasteiger partial charge in [0.05, 0.1) is 5.56 Å². The number of halogens is 6. The Morgan fingerprint density at radius 2 is 1.70 bits per heavy atom. The van der Waals surface area contributed by atoms with Gasteiger partial charge in [-0.15, -0.1) is 0 Å². The molecule has 27 heavy (non-hydrogen) atoms. The number of hydrogen-bond donors (Lipinski definition) is 2. The first-order valence-electron chi connectivity index (χ1n) is 7.44. The van der Waals surface area contributed by atoms with E-state index in [4.69, 9.17) is 0 Å². The number of rotatable bonds is 1. The van der Waals surface area contributed by atoms with Gasteiger partial charge >= 0.3 is 12.4 Å². The summed E-state index contributed by atoms with van der Waals surface area (Å²) in [6, 6.07) is 6.47. The predicted molar refractivity (Wildman–Crippen MR) is 83.1 cm³/mol. The van der Waals surface area contributed by atoms with Gasteiger partial charge in [-0.3, -0.25) is 9.89 Å². The Balaban J connectivity index is 2.17. The molecule has 0 aliphatic carbocycles. The lowest BCUT2D eigenvalue weighted by Crippen LogP contribution is -2.20. The van der Waals surface area contributed by atoms with Gasteiger partial charge in [-0.05, 0) is 6.07 Å². The van der Waals surface area contributed by atoms with Crippen LogP contribution in [0.4, 0.5) is 26.3 Å². The van der Waals surface area contributed by atoms with Crippen molar-refractivity contribution in [3.8, 4) is 11.1 Å². The van der Waals surface area contributed by atoms with Crippen LogP contribution in [-0.2, 0) is 12.4 Å². The van der Waals surface area contributed by atoms with E-state index in [2.05, 4.69) is 9.97 Å². The summed E-state index contributed by atoms with van der Waals surface area (Å²) in [5.74, 6) is 0. The summed E-state index contributed by atoms with van der Waals surface area (Å²) in [5.41, 5.74) is -5.17. The predicted octanol–water partition coefficient (Wildman–Crippen LogP) is 4.21. The SMILES string of the molecule is O=c1cc(C(F)(F)F)nc2c(-c3c[nH]c4ccccc34)c(C(F)(F)F)[nH]n12. The smallest absolute Gasteiger partial charge is 0.361 e. The molecule has 3 heterocycles. The fraction of sp³-hybridized carbons (Fsp3) is 0.125. The lowest BCUT2D eigenvalue weighted by atomic mass is 10.0. The summed E-state index contributed by atoms with van der Waals surface area (Å²) < 4.78 is 80.0. The van der Waals surface area contributed by atoms with E-state index in [9.17, 15) is 31.1 Å². The molecule has 3 aromatic heterocycles. The normalized spacial score (nSPS) is 13.0. The van der Waals surface area contributed by atoms with E-state index >= 15 is 0 Å². The molecule has 140 valence electrons. The van der Waals surface area contributed by atoms with E-state index in [0.29, 0.717) is 15.4 Å². The maximum absolute atomic E-state index is 13.5. The molecule has 0 aliphatic rings. The Bertz CT molecular complexity index is 1230. The number of nitrogens with zero attached hydrogens (tertiary/aromatic N) is 2. The van der Waals surface area contributed by atoms with E-state index < -0.39 is 40.5 Å². The zero-order valence-corrected chi connectivity index (χ0v) is 13.0. The molecule has 0 amide bonds. The largest absolute Gasteiger partial charge is 0.433 e. The van der Waals surface area contributed by atoms with E-state index in [0.717, 1.165) is 0 Å². The first kappa shape index (κ1) is 17.2. The molecule has 0 atom stereocenters. The van der Waals surface area contributed by atoms with Gasteiger partial charge in [-0.2, -0.15) is 26.3 Å². The molecule has 0 spiro atoms. The first-order valence-corrected chi connectivity index (χ1v) is 7.44. The number of hydrogen-bond acceptors (Lipinski definition) is 2. The second kappa shape index (κ2) is 5.38. The topological polar surface area (TPSA) is 66.0 Å². The van der Waals surface area contributed by atoms with Crippen LogP contribution in [0.15, 0.2) is 41.3 Å². The number of fused-ring (bicyclic) bond motifs is 2. The van der Waals surface area contributed by atoms with Crippen LogP contribution in [0.5, 0.6) is 0 Å². The number of para-hydroxylation sites is 1. The van der Waals surface area contributed by atoms with E-state index in [1.807, 2.05) is 5.10 Å². The molecular weight excluding hydrogens is 378 g/mol. The molecule has 0 unspecified atom stereocenters. The standard InChI is InChI=1S/C16H8F6N4O/c17-15(18,19)10-5-11(27)26-14(24-10)12(13(25-26)16(20,21)22)8-6-23-9-4-2-1-3-7(8)9/h1-6,23,25H. The number of alkyl halides is 6. The van der Waals surface area contributed by atoms with Crippen molar-refractivity contribution in [2.45, 2.75) is 12.4 Å². The highest BCUT2D eigenvalue weighted by molar-refractivity contribution is 5.99. The van der Waals surface area contributed by atoms with Gasteiger partial charge in [0, 0.05) is 28.7 Å². The first-order chi connectivity index (χ1) is 12.6. The lowest BCUT2D eigenvalue weighted by Gasteiger charge is -2.07. The quantitative estimate of drug-likeness (QED) is 0.482. The summed E-state index contributed by atoms with van der Waals surface area (Å²) >= 11 is 0. The minimum Gasteiger partial charge on any atom is -0.361 e. The van der Waals surface area contributed by atoms with Crippen molar-refractivity contribution in [3.05, 3.63) is 58.3 Å². The lowest BCUT2D eigenvalue weighted by molar-refractivity contribution is -0.141. The van der Waals surface area contributed by atoms with Crippen molar-refractivity contribution in [1.82, 2.24) is 19.6 Å². The molecule has 4 rings (SSSR count). The van der Waals surface area contributed by atoms with Crippen molar-refractivity contribution < 1.29 is 26.3 Å². The molecule has 0 saturated heterocycles. The molecule has 0 bridgehead atoms. The summed E-state index contributed by atoms with van der Waals surface area (Å²) in [5, 5.41) is 2.18. The Kier molecular flexibility index (Phi) is 3.42. The van der Waals surface area contributed by atoms with Crippen LogP contribution in [0, 0.1) is 0 Å². The van der Waals surface area contributed by atoms with Gasteiger partial charge < -0.3 is 4.98 Å². The van der Waals surface area contributed by atoms with Gasteiger partial charge in [0.1, 0.15) is 5.69 Å². The highest BCUT2D eigenvalue weighted by Gasteiger charge is 2.40. The molecule has 4 aromatic rings. The number of H-pyrrole nitrogens is 2. The van der Waals surface area contributed by atoms with Crippen LogP contribution in [0.1, 0.15) is 11.4 Å². The van der Waals surface area contributed by atoms with Crippen molar-refractivity contribution in [3.63, 3.8) is 0 Å². The Labute approximate surface area is 145 Å². The van der Waals surface area contributed by atoms with Crippen LogP contribution in [0.3, 0.4) is 0 Å². The number of benzene rings is 1. The van der Waals surface area contributed by atoms with Crippen LogP contribution < -0.4 is 5.56 Å². The van der Waals surface area contributed by atoms with Crippen LogP contribution in [-0.4, -0.2) is 19.6 Å². The molecule has 11 heteroatoms. The molecule has 2 N–H and O–H groups in total. The monoisotopic (exact) mass is 386 g/mol. The van der Waals surface area contributed by atoms with Gasteiger partial charge in [-0.1, -0.05) is 18.2 Å². The van der Waals surface area contributed by atoms with Crippen molar-refractivity contribution in [2.75, 3.05) is 0 Å². The molecule has 5 nitrogen and oxygen atoms in total. The Hall–Kier alpha value is -3.24. The number of aromatic nitrogens is 4. The molecule has 0 radical (unpaired) electrons. The average Bonchev–Trinajstić information content (AvgIpc) is 3.14. The summed E-state index contributed by atoms with van der Waals surface area (Å²) in [7, 11) is 0. The van der Waals surface area contributed by atoms with E-state index in [1.54, 1.807) is 18.2 Å². The van der Waals surface area contributed by atoms with Crippen LogP contribution in [0.2, 0.25) is 0 Å². The third-order valence-electron chi connectivity index (χ3n) is 4.05. The maximum atomic E-state index is 13.5. The van der Waals surface area contributed by atoms with Gasteiger partial charge in [0.2, 0.25) is 0 Å². The fourth-order valence-corrected chi connectivity index (χ4v) is 2.92. The summed E-state index contributed by atoms with van der Waals surface area (Å²) in [6.07, 6.45) is -8.71. The molecule has 1 aromatic carbocycles. The third kappa shape index (κ3) is 2.66. The van der Waals surface area contributed by atoms with Gasteiger partial charge in [-0.25, -0.2) is 9.50 Å². The zero-order valence-electron chi connectivity index (χ0n) is 13.0. The second-order valence-corrected chi connectivity index (χ2v) is 5.74. The molecular formula is C16H8F6N4O. The number of aromatic amines is 2. The average molecular weight is 386 g/mol. The number of nitrogens with one attached hydrogen (secondary N) is 2. The van der Waals surface area contributed by atoms with Crippen molar-refractivity contribution in [2.24, 2.45) is 0 Å². The van der Waals surface area contributed by atoms with E-state index in [-0.39, 0.29) is 11.6 Å². The fourth-order valence-electron chi connectivity index (χ4n) is 2.92. The third-order valence-corrected chi connectivity index (χ3v) is 4.05. The summed E-state index contributed by atoms with van der Waals surface area (Å²) in [6.45, 7) is 0. The van der Waals surface area contributed by atoms with Gasteiger partial charge in [0.15, 0.2) is 11.3 Å². The minimum absolute atomic E-state index is 0.0251. The van der Waals surface area contributed by atoms with Crippen molar-refractivity contribution >= 4 is 16.6 Å². The highest BCUT2D eigenvalue weighted by Crippen LogP contribution is 2.41. The maximum Gasteiger partial charge on any atom is 0.433 e. The van der Waals surface area contributed by atoms with Crippen LogP contribution >= 0.6 is 0 Å².